The Morgan fingerprint density at radius 3 is 2.85 bits per heavy atom. The lowest BCUT2D eigenvalue weighted by molar-refractivity contribution is -0.247. The molecule has 20 heavy (non-hydrogen) atoms. The zero-order valence-electron chi connectivity index (χ0n) is 11.7. The first-order chi connectivity index (χ1) is 9.76. The zero-order chi connectivity index (χ0) is 14.4. The van der Waals surface area contributed by atoms with E-state index in [1.807, 2.05) is 31.2 Å². The van der Waals surface area contributed by atoms with E-state index in [1.54, 1.807) is 7.11 Å². The van der Waals surface area contributed by atoms with Crippen LogP contribution in [0.2, 0.25) is 0 Å². The fraction of sp³-hybridized carbons (Fsp3) is 0.571. The Bertz CT molecular complexity index is 488. The summed E-state index contributed by atoms with van der Waals surface area (Å²) in [7, 11) is 1.60. The minimum absolute atomic E-state index is 0.0249. The molecule has 3 atom stereocenters. The van der Waals surface area contributed by atoms with Gasteiger partial charge in [-0.05, 0) is 30.9 Å². The molecule has 6 heteroatoms. The van der Waals surface area contributed by atoms with E-state index >= 15 is 0 Å². The van der Waals surface area contributed by atoms with Crippen LogP contribution in [0.3, 0.4) is 0 Å². The van der Waals surface area contributed by atoms with Gasteiger partial charge in [-0.25, -0.2) is 0 Å². The minimum atomic E-state index is -0.398. The number of ether oxygens (including phenoxy) is 3. The van der Waals surface area contributed by atoms with Crippen molar-refractivity contribution in [3.05, 3.63) is 45.8 Å². The molecule has 0 fully saturated rings. The smallest absolute Gasteiger partial charge is 0.187 e. The Morgan fingerprint density at radius 1 is 1.40 bits per heavy atom. The summed E-state index contributed by atoms with van der Waals surface area (Å²) in [5, 5.41) is 3.50. The molecule has 0 aromatic heterocycles. The van der Waals surface area contributed by atoms with Gasteiger partial charge in [-0.15, -0.1) is 0 Å². The third-order valence-corrected chi connectivity index (χ3v) is 3.32. The van der Waals surface area contributed by atoms with Crippen molar-refractivity contribution in [3.63, 3.8) is 0 Å². The summed E-state index contributed by atoms with van der Waals surface area (Å²) in [4.78, 5) is 2.72. The van der Waals surface area contributed by atoms with Gasteiger partial charge >= 0.3 is 0 Å². The summed E-state index contributed by atoms with van der Waals surface area (Å²) in [6, 6.07) is 8.03. The SMILES string of the molecule is COC(CCCN=[N+]=[N-])OC1OC(C)c2ccccc21. The Labute approximate surface area is 118 Å². The number of hydrogen-bond donors (Lipinski definition) is 0. The second-order valence-electron chi connectivity index (χ2n) is 4.64. The minimum Gasteiger partial charge on any atom is -0.356 e. The van der Waals surface area contributed by atoms with Gasteiger partial charge in [0.15, 0.2) is 12.6 Å². The molecule has 0 N–H and O–H groups in total. The van der Waals surface area contributed by atoms with Crippen LogP contribution < -0.4 is 0 Å². The van der Waals surface area contributed by atoms with E-state index in [0.29, 0.717) is 19.4 Å². The Morgan fingerprint density at radius 2 is 2.15 bits per heavy atom. The fourth-order valence-electron chi connectivity index (χ4n) is 2.29. The van der Waals surface area contributed by atoms with Crippen LogP contribution in [0, 0.1) is 0 Å². The van der Waals surface area contributed by atoms with Crippen LogP contribution in [0.1, 0.15) is 43.3 Å². The van der Waals surface area contributed by atoms with Crippen molar-refractivity contribution >= 4 is 0 Å². The van der Waals surface area contributed by atoms with E-state index in [4.69, 9.17) is 19.7 Å². The van der Waals surface area contributed by atoms with Crippen LogP contribution >= 0.6 is 0 Å². The molecule has 6 nitrogen and oxygen atoms in total. The zero-order valence-corrected chi connectivity index (χ0v) is 11.7. The van der Waals surface area contributed by atoms with Gasteiger partial charge in [-0.1, -0.05) is 29.4 Å². The molecule has 1 aliphatic heterocycles. The normalized spacial score (nSPS) is 22.1. The number of fused-ring (bicyclic) bond motifs is 1. The van der Waals surface area contributed by atoms with E-state index in [-0.39, 0.29) is 12.4 Å². The lowest BCUT2D eigenvalue weighted by atomic mass is 10.1. The summed E-state index contributed by atoms with van der Waals surface area (Å²) in [5.74, 6) is 0. The van der Waals surface area contributed by atoms with Gasteiger partial charge in [0.2, 0.25) is 0 Å². The largest absolute Gasteiger partial charge is 0.356 e. The highest BCUT2D eigenvalue weighted by atomic mass is 16.8. The molecule has 1 aliphatic rings. The van der Waals surface area contributed by atoms with Crippen molar-refractivity contribution < 1.29 is 14.2 Å². The molecule has 108 valence electrons. The maximum Gasteiger partial charge on any atom is 0.187 e. The molecule has 0 bridgehead atoms. The molecular formula is C14H19N3O3. The third-order valence-electron chi connectivity index (χ3n) is 3.32. The quantitative estimate of drug-likeness (QED) is 0.250. The third kappa shape index (κ3) is 3.49. The van der Waals surface area contributed by atoms with Crippen molar-refractivity contribution in [1.82, 2.24) is 0 Å². The Balaban J connectivity index is 1.93. The van der Waals surface area contributed by atoms with Gasteiger partial charge < -0.3 is 14.2 Å². The molecule has 1 heterocycles. The highest BCUT2D eigenvalue weighted by molar-refractivity contribution is 5.32. The van der Waals surface area contributed by atoms with E-state index < -0.39 is 6.29 Å². The summed E-state index contributed by atoms with van der Waals surface area (Å²) in [6.07, 6.45) is 0.632. The summed E-state index contributed by atoms with van der Waals surface area (Å²) in [5.41, 5.74) is 10.4. The second kappa shape index (κ2) is 7.26. The molecule has 0 radical (unpaired) electrons. The molecule has 0 aliphatic carbocycles. The molecule has 3 unspecified atom stereocenters. The number of methoxy groups -OCH3 is 1. The van der Waals surface area contributed by atoms with E-state index in [9.17, 15) is 0 Å². The van der Waals surface area contributed by atoms with Crippen LogP contribution in [0.4, 0.5) is 0 Å². The summed E-state index contributed by atoms with van der Waals surface area (Å²) < 4.78 is 17.0. The van der Waals surface area contributed by atoms with Crippen LogP contribution in [-0.2, 0) is 14.2 Å². The van der Waals surface area contributed by atoms with Crippen molar-refractivity contribution in [1.29, 1.82) is 0 Å². The Hall–Kier alpha value is -1.59. The first-order valence-corrected chi connectivity index (χ1v) is 6.69. The van der Waals surface area contributed by atoms with Crippen molar-refractivity contribution in [2.45, 2.75) is 38.4 Å². The monoisotopic (exact) mass is 277 g/mol. The molecule has 0 amide bonds. The highest BCUT2D eigenvalue weighted by Crippen LogP contribution is 2.39. The molecular weight excluding hydrogens is 258 g/mol. The van der Waals surface area contributed by atoms with Crippen molar-refractivity contribution in [2.24, 2.45) is 5.11 Å². The Kier molecular flexibility index (Phi) is 5.38. The van der Waals surface area contributed by atoms with Crippen LogP contribution in [0.25, 0.3) is 10.4 Å². The summed E-state index contributed by atoms with van der Waals surface area (Å²) in [6.45, 7) is 2.45. The summed E-state index contributed by atoms with van der Waals surface area (Å²) >= 11 is 0. The fourth-order valence-corrected chi connectivity index (χ4v) is 2.29. The maximum absolute atomic E-state index is 8.23. The molecule has 0 saturated heterocycles. The van der Waals surface area contributed by atoms with Crippen molar-refractivity contribution in [2.75, 3.05) is 13.7 Å². The second-order valence-corrected chi connectivity index (χ2v) is 4.64. The van der Waals surface area contributed by atoms with E-state index in [1.165, 1.54) is 0 Å². The molecule has 2 rings (SSSR count). The topological polar surface area (TPSA) is 76.5 Å². The molecule has 0 saturated carbocycles. The van der Waals surface area contributed by atoms with Crippen LogP contribution in [0.5, 0.6) is 0 Å². The van der Waals surface area contributed by atoms with Gasteiger partial charge in [0, 0.05) is 24.1 Å². The van der Waals surface area contributed by atoms with E-state index in [2.05, 4.69) is 10.0 Å². The maximum atomic E-state index is 8.23. The lowest BCUT2D eigenvalue weighted by Crippen LogP contribution is -2.19. The van der Waals surface area contributed by atoms with E-state index in [0.717, 1.165) is 11.1 Å². The van der Waals surface area contributed by atoms with Gasteiger partial charge in [0.1, 0.15) is 0 Å². The molecule has 1 aromatic carbocycles. The van der Waals surface area contributed by atoms with Crippen molar-refractivity contribution in [3.8, 4) is 0 Å². The molecule has 0 spiro atoms. The van der Waals surface area contributed by atoms with Crippen LogP contribution in [-0.4, -0.2) is 19.9 Å². The average Bonchev–Trinajstić information content (AvgIpc) is 2.79. The van der Waals surface area contributed by atoms with Gasteiger partial charge in [0.25, 0.3) is 0 Å². The number of benzene rings is 1. The number of nitrogens with zero attached hydrogens (tertiary/aromatic N) is 3. The number of hydrogen-bond acceptors (Lipinski definition) is 4. The first-order valence-electron chi connectivity index (χ1n) is 6.69. The molecule has 1 aromatic rings. The first kappa shape index (κ1) is 14.8. The lowest BCUT2D eigenvalue weighted by Gasteiger charge is -2.21. The van der Waals surface area contributed by atoms with Gasteiger partial charge in [-0.3, -0.25) is 0 Å². The highest BCUT2D eigenvalue weighted by Gasteiger charge is 2.31. The predicted octanol–water partition coefficient (Wildman–Crippen LogP) is 3.86. The standard InChI is InChI=1S/C14H19N3O3/c1-10-11-6-3-4-7-12(11)14(19-10)20-13(18-2)8-5-9-16-17-15/h3-4,6-7,10,13-14H,5,8-9H2,1-2H3. The number of rotatable bonds is 7. The van der Waals surface area contributed by atoms with Gasteiger partial charge in [0.05, 0.1) is 6.10 Å². The van der Waals surface area contributed by atoms with Gasteiger partial charge in [-0.2, -0.15) is 0 Å². The average molecular weight is 277 g/mol. The predicted molar refractivity (Wildman–Crippen MR) is 73.8 cm³/mol. The number of azide groups is 1. The van der Waals surface area contributed by atoms with Crippen LogP contribution in [0.15, 0.2) is 29.4 Å².